The van der Waals surface area contributed by atoms with Crippen molar-refractivity contribution in [2.45, 2.75) is 26.2 Å². The molecular weight excluding hydrogens is 689 g/mol. The highest BCUT2D eigenvalue weighted by Crippen LogP contribution is 2.61. The molecule has 2 aliphatic carbocycles. The van der Waals surface area contributed by atoms with Gasteiger partial charge in [-0.15, -0.1) is 0 Å². The Balaban J connectivity index is 1.10. The van der Waals surface area contributed by atoms with Crippen LogP contribution in [0.4, 0.5) is 0 Å². The third kappa shape index (κ3) is 5.43. The van der Waals surface area contributed by atoms with Gasteiger partial charge in [-0.25, -0.2) is 4.98 Å². The molecule has 1 aromatic heterocycles. The average molecular weight is 731 g/mol. The van der Waals surface area contributed by atoms with Crippen LogP contribution in [0.15, 0.2) is 200 Å². The number of hydrogen-bond donors (Lipinski definition) is 0. The minimum absolute atomic E-state index is 0.152. The molecule has 0 saturated carbocycles. The van der Waals surface area contributed by atoms with Gasteiger partial charge in [-0.1, -0.05) is 178 Å². The summed E-state index contributed by atoms with van der Waals surface area (Å²) in [6.07, 6.45) is 3.61. The van der Waals surface area contributed by atoms with Gasteiger partial charge >= 0.3 is 0 Å². The lowest BCUT2D eigenvalue weighted by molar-refractivity contribution is 0.287. The van der Waals surface area contributed by atoms with Crippen LogP contribution in [0.5, 0.6) is 0 Å². The molecule has 0 saturated heterocycles. The fraction of sp³-hybridized carbons (Fsp3) is 0.109. The van der Waals surface area contributed by atoms with Crippen molar-refractivity contribution in [3.63, 3.8) is 0 Å². The van der Waals surface area contributed by atoms with Crippen LogP contribution in [-0.2, 0) is 0 Å². The third-order valence-corrected chi connectivity index (χ3v) is 12.8. The monoisotopic (exact) mass is 730 g/mol. The average Bonchev–Trinajstić information content (AvgIpc) is 3.65. The fourth-order valence-corrected chi connectivity index (χ4v) is 10.2. The van der Waals surface area contributed by atoms with Crippen LogP contribution in [0.25, 0.3) is 60.8 Å². The summed E-state index contributed by atoms with van der Waals surface area (Å²) in [5.41, 5.74) is 15.0. The summed E-state index contributed by atoms with van der Waals surface area (Å²) in [6, 6.07) is 69.1. The van der Waals surface area contributed by atoms with E-state index in [4.69, 9.17) is 4.98 Å². The Morgan fingerprint density at radius 1 is 0.561 bits per heavy atom. The van der Waals surface area contributed by atoms with Crippen LogP contribution >= 0.6 is 0 Å². The summed E-state index contributed by atoms with van der Waals surface area (Å²) in [7, 11) is 0. The lowest BCUT2D eigenvalue weighted by atomic mass is 9.53. The SMILES string of the molecule is CC1CC2(C)C(=C(c3ccc4ccccc4c3)c3ccccc3C2c2ccc3ccccc3c2)C=C1c1ccc(-c2nc3ccccc3n2-c2ccccc2)cc1. The zero-order valence-corrected chi connectivity index (χ0v) is 32.2. The normalized spacial score (nSPS) is 19.1. The van der Waals surface area contributed by atoms with Crippen LogP contribution in [0.1, 0.15) is 54.0 Å². The molecule has 0 aliphatic heterocycles. The molecule has 272 valence electrons. The van der Waals surface area contributed by atoms with E-state index in [2.05, 4.69) is 213 Å². The zero-order chi connectivity index (χ0) is 38.1. The van der Waals surface area contributed by atoms with Gasteiger partial charge in [-0.3, -0.25) is 4.57 Å². The summed E-state index contributed by atoms with van der Waals surface area (Å²) < 4.78 is 2.28. The first-order valence-electron chi connectivity index (χ1n) is 20.2. The molecule has 2 heteroatoms. The van der Waals surface area contributed by atoms with Gasteiger partial charge in [0, 0.05) is 22.6 Å². The molecule has 0 amide bonds. The van der Waals surface area contributed by atoms with Gasteiger partial charge in [-0.05, 0) is 109 Å². The number of para-hydroxylation sites is 3. The predicted octanol–water partition coefficient (Wildman–Crippen LogP) is 14.1. The first kappa shape index (κ1) is 33.6. The fourth-order valence-electron chi connectivity index (χ4n) is 10.2. The minimum atomic E-state index is -0.152. The van der Waals surface area contributed by atoms with Crippen molar-refractivity contribution < 1.29 is 0 Å². The van der Waals surface area contributed by atoms with Gasteiger partial charge in [0.1, 0.15) is 5.82 Å². The molecule has 1 heterocycles. The summed E-state index contributed by atoms with van der Waals surface area (Å²) in [6.45, 7) is 4.98. The zero-order valence-electron chi connectivity index (χ0n) is 32.2. The van der Waals surface area contributed by atoms with E-state index in [9.17, 15) is 0 Å². The molecule has 3 atom stereocenters. The topological polar surface area (TPSA) is 17.8 Å². The highest BCUT2D eigenvalue weighted by Gasteiger charge is 2.48. The smallest absolute Gasteiger partial charge is 0.145 e. The molecule has 0 spiro atoms. The van der Waals surface area contributed by atoms with E-state index in [1.165, 1.54) is 66.1 Å². The van der Waals surface area contributed by atoms with Gasteiger partial charge in [0.15, 0.2) is 0 Å². The maximum Gasteiger partial charge on any atom is 0.145 e. The van der Waals surface area contributed by atoms with Crippen molar-refractivity contribution in [1.82, 2.24) is 9.55 Å². The predicted molar refractivity (Wildman–Crippen MR) is 239 cm³/mol. The number of hydrogen-bond acceptors (Lipinski definition) is 1. The Morgan fingerprint density at radius 2 is 1.18 bits per heavy atom. The summed E-state index contributed by atoms with van der Waals surface area (Å²) in [5, 5.41) is 5.11. The van der Waals surface area contributed by atoms with Gasteiger partial charge < -0.3 is 0 Å². The van der Waals surface area contributed by atoms with Gasteiger partial charge in [-0.2, -0.15) is 0 Å². The largest absolute Gasteiger partial charge is 0.292 e. The summed E-state index contributed by atoms with van der Waals surface area (Å²) in [5.74, 6) is 1.49. The Labute approximate surface area is 334 Å². The quantitative estimate of drug-likeness (QED) is 0.172. The van der Waals surface area contributed by atoms with Crippen molar-refractivity contribution >= 4 is 43.7 Å². The highest BCUT2D eigenvalue weighted by atomic mass is 15.1. The first-order valence-corrected chi connectivity index (χ1v) is 20.2. The molecule has 11 rings (SSSR count). The highest BCUT2D eigenvalue weighted by molar-refractivity contribution is 5.95. The number of fused-ring (bicyclic) bond motifs is 5. The lowest BCUT2D eigenvalue weighted by Crippen LogP contribution is -2.37. The molecule has 0 fully saturated rings. The Hall–Kier alpha value is -6.77. The van der Waals surface area contributed by atoms with Gasteiger partial charge in [0.05, 0.1) is 11.0 Å². The van der Waals surface area contributed by atoms with Crippen molar-refractivity contribution in [2.24, 2.45) is 11.3 Å². The third-order valence-electron chi connectivity index (χ3n) is 12.8. The van der Waals surface area contributed by atoms with Crippen LogP contribution in [-0.4, -0.2) is 9.55 Å². The van der Waals surface area contributed by atoms with Crippen LogP contribution in [0, 0.1) is 11.3 Å². The Morgan fingerprint density at radius 3 is 1.96 bits per heavy atom. The van der Waals surface area contributed by atoms with E-state index in [0.717, 1.165) is 34.5 Å². The van der Waals surface area contributed by atoms with E-state index in [1.54, 1.807) is 0 Å². The molecule has 2 nitrogen and oxygen atoms in total. The molecule has 57 heavy (non-hydrogen) atoms. The van der Waals surface area contributed by atoms with Crippen LogP contribution in [0.2, 0.25) is 0 Å². The van der Waals surface area contributed by atoms with Gasteiger partial charge in [0.2, 0.25) is 0 Å². The molecular formula is C55H42N2. The number of aromatic nitrogens is 2. The van der Waals surface area contributed by atoms with Gasteiger partial charge in [0.25, 0.3) is 0 Å². The number of rotatable bonds is 5. The first-order chi connectivity index (χ1) is 28.0. The molecule has 0 N–H and O–H groups in total. The second-order valence-electron chi connectivity index (χ2n) is 16.3. The van der Waals surface area contributed by atoms with Crippen molar-refractivity contribution in [1.29, 1.82) is 0 Å². The number of allylic oxidation sites excluding steroid dienone is 3. The molecule has 0 radical (unpaired) electrons. The van der Waals surface area contributed by atoms with E-state index in [-0.39, 0.29) is 11.3 Å². The maximum absolute atomic E-state index is 5.16. The van der Waals surface area contributed by atoms with E-state index < -0.39 is 0 Å². The van der Waals surface area contributed by atoms with Crippen LogP contribution in [0.3, 0.4) is 0 Å². The van der Waals surface area contributed by atoms with E-state index in [1.807, 2.05) is 0 Å². The second-order valence-corrected chi connectivity index (χ2v) is 16.3. The Bertz CT molecular complexity index is 3070. The number of nitrogens with zero attached hydrogens (tertiary/aromatic N) is 2. The van der Waals surface area contributed by atoms with E-state index >= 15 is 0 Å². The van der Waals surface area contributed by atoms with Crippen molar-refractivity contribution in [3.05, 3.63) is 228 Å². The second kappa shape index (κ2) is 13.2. The minimum Gasteiger partial charge on any atom is -0.292 e. The summed E-state index contributed by atoms with van der Waals surface area (Å²) in [4.78, 5) is 5.16. The van der Waals surface area contributed by atoms with Crippen molar-refractivity contribution in [2.75, 3.05) is 0 Å². The van der Waals surface area contributed by atoms with Crippen LogP contribution < -0.4 is 0 Å². The molecule has 3 unspecified atom stereocenters. The number of benzene rings is 8. The molecule has 2 aliphatic rings. The molecule has 8 aromatic carbocycles. The number of imidazole rings is 1. The molecule has 9 aromatic rings. The Kier molecular flexibility index (Phi) is 7.76. The lowest BCUT2D eigenvalue weighted by Gasteiger charge is -2.49. The standard InChI is InChI=1S/C55H42N2/c1-36-35-55(2)49(34-48(36)39-26-28-40(29-27-39)54-56-50-22-12-13-23-51(50)57(54)45-18-4-3-5-19-45)52(43-30-24-37-14-6-8-16-41(37)32-43)46-20-10-11-21-47(46)53(55)44-31-25-38-15-7-9-17-42(38)33-44/h3-34,36,53H,35H2,1-2H3. The summed E-state index contributed by atoms with van der Waals surface area (Å²) >= 11 is 0. The van der Waals surface area contributed by atoms with E-state index in [0.29, 0.717) is 5.92 Å². The maximum atomic E-state index is 5.16. The molecule has 0 bridgehead atoms. The van der Waals surface area contributed by atoms with Crippen molar-refractivity contribution in [3.8, 4) is 17.1 Å².